The topological polar surface area (TPSA) is 38.0 Å². The van der Waals surface area contributed by atoms with Gasteiger partial charge in [0, 0.05) is 12.7 Å². The van der Waals surface area contributed by atoms with Crippen LogP contribution in [0.1, 0.15) is 13.3 Å². The van der Waals surface area contributed by atoms with Crippen LogP contribution in [0.3, 0.4) is 0 Å². The van der Waals surface area contributed by atoms with Crippen molar-refractivity contribution < 1.29 is 0 Å². The van der Waals surface area contributed by atoms with Gasteiger partial charge in [0.25, 0.3) is 0 Å². The second-order valence-corrected chi connectivity index (χ2v) is 2.23. The molecule has 0 aromatic rings. The van der Waals surface area contributed by atoms with Gasteiger partial charge >= 0.3 is 0 Å². The molecule has 3 N–H and O–H groups in total. The van der Waals surface area contributed by atoms with E-state index >= 15 is 0 Å². The Bertz CT molecular complexity index is 63.1. The predicted molar refractivity (Wildman–Crippen MR) is 29.8 cm³/mol. The number of rotatable bonds is 2. The molecule has 2 heteroatoms. The van der Waals surface area contributed by atoms with E-state index in [9.17, 15) is 0 Å². The van der Waals surface area contributed by atoms with Gasteiger partial charge in [0.15, 0.2) is 0 Å². The fraction of sp³-hybridized carbons (Fsp3) is 1.00. The SMILES string of the molecule is CC1CC1NCN. The Labute approximate surface area is 44.1 Å². The maximum Gasteiger partial charge on any atom is 0.0430 e. The Morgan fingerprint density at radius 3 is 2.57 bits per heavy atom. The molecule has 7 heavy (non-hydrogen) atoms. The van der Waals surface area contributed by atoms with E-state index in [0.717, 1.165) is 12.0 Å². The Balaban J connectivity index is 1.98. The van der Waals surface area contributed by atoms with Crippen molar-refractivity contribution in [3.8, 4) is 0 Å². The van der Waals surface area contributed by atoms with Crippen LogP contribution in [0.25, 0.3) is 0 Å². The van der Waals surface area contributed by atoms with Crippen LogP contribution in [0.15, 0.2) is 0 Å². The van der Waals surface area contributed by atoms with Gasteiger partial charge in [-0.3, -0.25) is 0 Å². The smallest absolute Gasteiger partial charge is 0.0430 e. The van der Waals surface area contributed by atoms with Crippen LogP contribution in [-0.2, 0) is 0 Å². The van der Waals surface area contributed by atoms with E-state index < -0.39 is 0 Å². The lowest BCUT2D eigenvalue weighted by atomic mass is 10.5. The Kier molecular flexibility index (Phi) is 1.30. The van der Waals surface area contributed by atoms with Crippen molar-refractivity contribution in [2.24, 2.45) is 11.7 Å². The van der Waals surface area contributed by atoms with Gasteiger partial charge < -0.3 is 11.1 Å². The van der Waals surface area contributed by atoms with Crippen molar-refractivity contribution in [3.05, 3.63) is 0 Å². The number of nitrogens with one attached hydrogen (secondary N) is 1. The van der Waals surface area contributed by atoms with Crippen LogP contribution in [0, 0.1) is 5.92 Å². The summed E-state index contributed by atoms with van der Waals surface area (Å²) in [7, 11) is 0. The third-order valence-electron chi connectivity index (χ3n) is 1.49. The van der Waals surface area contributed by atoms with E-state index in [2.05, 4.69) is 12.2 Å². The highest BCUT2D eigenvalue weighted by Gasteiger charge is 2.30. The second kappa shape index (κ2) is 1.80. The number of hydrogen-bond acceptors (Lipinski definition) is 2. The zero-order valence-corrected chi connectivity index (χ0v) is 4.65. The van der Waals surface area contributed by atoms with E-state index in [-0.39, 0.29) is 0 Å². The number of nitrogens with two attached hydrogens (primary N) is 1. The molecule has 1 aliphatic rings. The normalized spacial score (nSPS) is 38.6. The summed E-state index contributed by atoms with van der Waals surface area (Å²) in [5.41, 5.74) is 5.22. The lowest BCUT2D eigenvalue weighted by Gasteiger charge is -1.92. The van der Waals surface area contributed by atoms with Gasteiger partial charge in [-0.1, -0.05) is 6.92 Å². The highest BCUT2D eigenvalue weighted by molar-refractivity contribution is 4.88. The third-order valence-corrected chi connectivity index (χ3v) is 1.49. The molecule has 0 aromatic carbocycles. The zero-order chi connectivity index (χ0) is 5.28. The minimum Gasteiger partial charge on any atom is -0.318 e. The van der Waals surface area contributed by atoms with Gasteiger partial charge in [0.2, 0.25) is 0 Å². The van der Waals surface area contributed by atoms with Crippen molar-refractivity contribution in [1.82, 2.24) is 5.32 Å². The van der Waals surface area contributed by atoms with Gasteiger partial charge in [-0.05, 0) is 12.3 Å². The molecule has 0 amide bonds. The van der Waals surface area contributed by atoms with Crippen molar-refractivity contribution >= 4 is 0 Å². The molecular formula is C5H12N2. The van der Waals surface area contributed by atoms with E-state index in [1.807, 2.05) is 0 Å². The molecule has 0 aromatic heterocycles. The Morgan fingerprint density at radius 1 is 1.86 bits per heavy atom. The minimum absolute atomic E-state index is 0.634. The first-order valence-corrected chi connectivity index (χ1v) is 2.78. The summed E-state index contributed by atoms with van der Waals surface area (Å²) in [5, 5.41) is 3.15. The van der Waals surface area contributed by atoms with Gasteiger partial charge in [-0.15, -0.1) is 0 Å². The monoisotopic (exact) mass is 100 g/mol. The summed E-state index contributed by atoms with van der Waals surface area (Å²) in [6.45, 7) is 2.86. The van der Waals surface area contributed by atoms with Gasteiger partial charge in [-0.25, -0.2) is 0 Å². The second-order valence-electron chi connectivity index (χ2n) is 2.23. The molecule has 0 aliphatic heterocycles. The summed E-state index contributed by atoms with van der Waals surface area (Å²) in [6, 6.07) is 0.741. The van der Waals surface area contributed by atoms with Crippen molar-refractivity contribution in [1.29, 1.82) is 0 Å². The summed E-state index contributed by atoms with van der Waals surface area (Å²) in [5.74, 6) is 0.878. The van der Waals surface area contributed by atoms with E-state index in [0.29, 0.717) is 6.67 Å². The van der Waals surface area contributed by atoms with Crippen molar-refractivity contribution in [2.45, 2.75) is 19.4 Å². The minimum atomic E-state index is 0.634. The van der Waals surface area contributed by atoms with E-state index in [1.54, 1.807) is 0 Å². The average Bonchev–Trinajstić information content (AvgIpc) is 2.22. The van der Waals surface area contributed by atoms with Gasteiger partial charge in [0.1, 0.15) is 0 Å². The van der Waals surface area contributed by atoms with Gasteiger partial charge in [0.05, 0.1) is 0 Å². The molecular weight excluding hydrogens is 88.1 g/mol. The lowest BCUT2D eigenvalue weighted by Crippen LogP contribution is -2.25. The van der Waals surface area contributed by atoms with Gasteiger partial charge in [-0.2, -0.15) is 0 Å². The van der Waals surface area contributed by atoms with Crippen molar-refractivity contribution in [2.75, 3.05) is 6.67 Å². The highest BCUT2D eigenvalue weighted by atomic mass is 15.0. The predicted octanol–water partition coefficient (Wildman–Crippen LogP) is -0.0994. The lowest BCUT2D eigenvalue weighted by molar-refractivity contribution is 0.666. The fourth-order valence-corrected chi connectivity index (χ4v) is 0.758. The largest absolute Gasteiger partial charge is 0.318 e. The molecule has 0 bridgehead atoms. The van der Waals surface area contributed by atoms with Crippen LogP contribution in [-0.4, -0.2) is 12.7 Å². The van der Waals surface area contributed by atoms with Crippen molar-refractivity contribution in [3.63, 3.8) is 0 Å². The quantitative estimate of drug-likeness (QED) is 0.475. The molecule has 0 radical (unpaired) electrons. The summed E-state index contributed by atoms with van der Waals surface area (Å²) in [6.07, 6.45) is 1.32. The Morgan fingerprint density at radius 2 is 2.43 bits per heavy atom. The molecule has 1 aliphatic carbocycles. The fourth-order valence-electron chi connectivity index (χ4n) is 0.758. The molecule has 1 fully saturated rings. The molecule has 2 nitrogen and oxygen atoms in total. The first-order valence-electron chi connectivity index (χ1n) is 2.78. The van der Waals surface area contributed by atoms with Crippen LogP contribution >= 0.6 is 0 Å². The standard InChI is InChI=1S/C5H12N2/c1-4-2-5(4)7-3-6/h4-5,7H,2-3,6H2,1H3. The van der Waals surface area contributed by atoms with Crippen LogP contribution in [0.2, 0.25) is 0 Å². The van der Waals surface area contributed by atoms with E-state index in [4.69, 9.17) is 5.73 Å². The summed E-state index contributed by atoms with van der Waals surface area (Å²) in [4.78, 5) is 0. The van der Waals surface area contributed by atoms with Crippen LogP contribution in [0.5, 0.6) is 0 Å². The van der Waals surface area contributed by atoms with E-state index in [1.165, 1.54) is 6.42 Å². The molecule has 0 saturated heterocycles. The molecule has 2 unspecified atom stereocenters. The molecule has 0 heterocycles. The molecule has 2 atom stereocenters. The molecule has 1 saturated carbocycles. The average molecular weight is 100 g/mol. The van der Waals surface area contributed by atoms with Crippen LogP contribution in [0.4, 0.5) is 0 Å². The molecule has 42 valence electrons. The Hall–Kier alpha value is -0.0800. The first kappa shape index (κ1) is 5.06. The first-order chi connectivity index (χ1) is 3.34. The third kappa shape index (κ3) is 1.14. The highest BCUT2D eigenvalue weighted by Crippen LogP contribution is 2.28. The number of hydrogen-bond donors (Lipinski definition) is 2. The summed E-state index contributed by atoms with van der Waals surface area (Å²) < 4.78 is 0. The van der Waals surface area contributed by atoms with Crippen LogP contribution < -0.4 is 11.1 Å². The zero-order valence-electron chi connectivity index (χ0n) is 4.65. The molecule has 0 spiro atoms. The molecule has 1 rings (SSSR count). The summed E-state index contributed by atoms with van der Waals surface area (Å²) >= 11 is 0. The maximum absolute atomic E-state index is 5.22. The maximum atomic E-state index is 5.22.